The zero-order chi connectivity index (χ0) is 15.8. The lowest BCUT2D eigenvalue weighted by Crippen LogP contribution is -2.37. The second kappa shape index (κ2) is 8.76. The Balaban J connectivity index is 1.95. The highest BCUT2D eigenvalue weighted by molar-refractivity contribution is 5.95. The Morgan fingerprint density at radius 3 is 2.77 bits per heavy atom. The van der Waals surface area contributed by atoms with Crippen molar-refractivity contribution in [3.63, 3.8) is 0 Å². The van der Waals surface area contributed by atoms with Crippen LogP contribution in [-0.2, 0) is 9.53 Å². The smallest absolute Gasteiger partial charge is 0.238 e. The molecule has 122 valence electrons. The molecule has 0 aliphatic carbocycles. The number of ether oxygens (including phenoxy) is 1. The molecule has 1 aromatic carbocycles. The van der Waals surface area contributed by atoms with Crippen LogP contribution in [0, 0.1) is 0 Å². The van der Waals surface area contributed by atoms with E-state index in [-0.39, 0.29) is 5.91 Å². The number of rotatable bonds is 7. The van der Waals surface area contributed by atoms with E-state index in [1.54, 1.807) is 0 Å². The maximum atomic E-state index is 12.2. The fourth-order valence-electron chi connectivity index (χ4n) is 2.60. The van der Waals surface area contributed by atoms with E-state index in [1.807, 2.05) is 25.2 Å². The van der Waals surface area contributed by atoms with Crippen LogP contribution in [-0.4, -0.2) is 57.2 Å². The highest BCUT2D eigenvalue weighted by Crippen LogP contribution is 2.26. The predicted octanol–water partition coefficient (Wildman–Crippen LogP) is 2.19. The molecular weight excluding hydrogens is 278 g/mol. The van der Waals surface area contributed by atoms with Crippen LogP contribution in [0.25, 0.3) is 0 Å². The largest absolute Gasteiger partial charge is 0.378 e. The topological polar surface area (TPSA) is 44.8 Å². The number of nitrogens with zero attached hydrogens (tertiary/aromatic N) is 2. The summed E-state index contributed by atoms with van der Waals surface area (Å²) in [5.41, 5.74) is 1.97. The molecular formula is C17H27N3O2. The van der Waals surface area contributed by atoms with Crippen LogP contribution in [0.5, 0.6) is 0 Å². The first kappa shape index (κ1) is 16.8. The molecule has 1 N–H and O–H groups in total. The summed E-state index contributed by atoms with van der Waals surface area (Å²) < 4.78 is 5.40. The Morgan fingerprint density at radius 2 is 2.05 bits per heavy atom. The Bertz CT molecular complexity index is 473. The second-order valence-corrected chi connectivity index (χ2v) is 5.76. The third-order valence-corrected chi connectivity index (χ3v) is 3.84. The molecule has 0 atom stereocenters. The average molecular weight is 305 g/mol. The van der Waals surface area contributed by atoms with Gasteiger partial charge in [-0.3, -0.25) is 9.69 Å². The Morgan fingerprint density at radius 1 is 1.32 bits per heavy atom. The number of unbranched alkanes of at least 4 members (excludes halogenated alkanes) is 1. The minimum Gasteiger partial charge on any atom is -0.378 e. The van der Waals surface area contributed by atoms with E-state index in [9.17, 15) is 4.79 Å². The van der Waals surface area contributed by atoms with Gasteiger partial charge in [0.05, 0.1) is 31.1 Å². The van der Waals surface area contributed by atoms with Gasteiger partial charge < -0.3 is 15.0 Å². The lowest BCUT2D eigenvalue weighted by Gasteiger charge is -2.30. The van der Waals surface area contributed by atoms with E-state index >= 15 is 0 Å². The molecule has 1 fully saturated rings. The third-order valence-electron chi connectivity index (χ3n) is 3.84. The van der Waals surface area contributed by atoms with Crippen molar-refractivity contribution in [3.8, 4) is 0 Å². The molecule has 1 amide bonds. The zero-order valence-electron chi connectivity index (χ0n) is 13.7. The molecule has 0 radical (unpaired) electrons. The molecule has 22 heavy (non-hydrogen) atoms. The number of anilines is 2. The highest BCUT2D eigenvalue weighted by Gasteiger charge is 2.16. The molecule has 5 nitrogen and oxygen atoms in total. The monoisotopic (exact) mass is 305 g/mol. The van der Waals surface area contributed by atoms with Crippen molar-refractivity contribution in [1.29, 1.82) is 0 Å². The number of benzene rings is 1. The van der Waals surface area contributed by atoms with E-state index in [4.69, 9.17) is 4.74 Å². The molecule has 0 bridgehead atoms. The lowest BCUT2D eigenvalue weighted by molar-refractivity contribution is -0.117. The fraction of sp³-hybridized carbons (Fsp3) is 0.588. The first-order valence-electron chi connectivity index (χ1n) is 8.11. The molecule has 0 spiro atoms. The maximum Gasteiger partial charge on any atom is 0.238 e. The fourth-order valence-corrected chi connectivity index (χ4v) is 2.60. The summed E-state index contributed by atoms with van der Waals surface area (Å²) in [6.45, 7) is 6.75. The van der Waals surface area contributed by atoms with Gasteiger partial charge in [-0.1, -0.05) is 25.5 Å². The molecule has 0 unspecified atom stereocenters. The summed E-state index contributed by atoms with van der Waals surface area (Å²) in [6.07, 6.45) is 2.26. The van der Waals surface area contributed by atoms with Crippen molar-refractivity contribution in [2.45, 2.75) is 19.8 Å². The SMILES string of the molecule is CCCCN(C)CC(=O)Nc1ccccc1N1CCOCC1. The number of carbonyl (C=O) groups excluding carboxylic acids is 1. The number of para-hydroxylation sites is 2. The number of amides is 1. The number of hydrogen-bond acceptors (Lipinski definition) is 4. The van der Waals surface area contributed by atoms with E-state index in [0.717, 1.165) is 57.1 Å². The standard InChI is InChI=1S/C17H27N3O2/c1-3-4-9-19(2)14-17(21)18-15-7-5-6-8-16(15)20-10-12-22-13-11-20/h5-8H,3-4,9-14H2,1-2H3,(H,18,21). The molecule has 1 heterocycles. The molecule has 0 saturated carbocycles. The van der Waals surface area contributed by atoms with Crippen molar-refractivity contribution in [3.05, 3.63) is 24.3 Å². The van der Waals surface area contributed by atoms with Crippen molar-refractivity contribution < 1.29 is 9.53 Å². The van der Waals surface area contributed by atoms with E-state index in [2.05, 4.69) is 28.1 Å². The van der Waals surface area contributed by atoms with E-state index < -0.39 is 0 Å². The van der Waals surface area contributed by atoms with Gasteiger partial charge in [-0.2, -0.15) is 0 Å². The van der Waals surface area contributed by atoms with Gasteiger partial charge in [-0.25, -0.2) is 0 Å². The van der Waals surface area contributed by atoms with Gasteiger partial charge in [-0.05, 0) is 32.1 Å². The number of likely N-dealkylation sites (N-methyl/N-ethyl adjacent to an activating group) is 1. The van der Waals surface area contributed by atoms with Gasteiger partial charge in [0.15, 0.2) is 0 Å². The van der Waals surface area contributed by atoms with Gasteiger partial charge in [0.2, 0.25) is 5.91 Å². The predicted molar refractivity (Wildman–Crippen MR) is 90.5 cm³/mol. The van der Waals surface area contributed by atoms with Gasteiger partial charge in [0.25, 0.3) is 0 Å². The van der Waals surface area contributed by atoms with Crippen molar-refractivity contribution in [1.82, 2.24) is 4.90 Å². The van der Waals surface area contributed by atoms with Gasteiger partial charge in [0.1, 0.15) is 0 Å². The second-order valence-electron chi connectivity index (χ2n) is 5.76. The van der Waals surface area contributed by atoms with Crippen molar-refractivity contribution >= 4 is 17.3 Å². The average Bonchev–Trinajstić information content (AvgIpc) is 2.54. The van der Waals surface area contributed by atoms with Crippen LogP contribution >= 0.6 is 0 Å². The molecule has 1 aliphatic rings. The molecule has 2 rings (SSSR count). The summed E-state index contributed by atoms with van der Waals surface area (Å²) in [7, 11) is 1.99. The lowest BCUT2D eigenvalue weighted by atomic mass is 10.2. The summed E-state index contributed by atoms with van der Waals surface area (Å²) in [6, 6.07) is 7.99. The molecule has 1 aliphatic heterocycles. The number of morpholine rings is 1. The van der Waals surface area contributed by atoms with Gasteiger partial charge in [0, 0.05) is 13.1 Å². The normalized spacial score (nSPS) is 15.1. The van der Waals surface area contributed by atoms with Crippen molar-refractivity contribution in [2.24, 2.45) is 0 Å². The van der Waals surface area contributed by atoms with E-state index in [0.29, 0.717) is 6.54 Å². The molecule has 5 heteroatoms. The first-order valence-corrected chi connectivity index (χ1v) is 8.11. The number of hydrogen-bond donors (Lipinski definition) is 1. The van der Waals surface area contributed by atoms with Gasteiger partial charge in [-0.15, -0.1) is 0 Å². The van der Waals surface area contributed by atoms with Crippen LogP contribution < -0.4 is 10.2 Å². The molecule has 0 aromatic heterocycles. The summed E-state index contributed by atoms with van der Waals surface area (Å²) in [5.74, 6) is 0.0410. The molecule has 1 saturated heterocycles. The molecule has 1 aromatic rings. The van der Waals surface area contributed by atoms with Crippen LogP contribution in [0.1, 0.15) is 19.8 Å². The van der Waals surface area contributed by atoms with Crippen LogP contribution in [0.2, 0.25) is 0 Å². The zero-order valence-corrected chi connectivity index (χ0v) is 13.7. The summed E-state index contributed by atoms with van der Waals surface area (Å²) in [5, 5.41) is 3.05. The van der Waals surface area contributed by atoms with Crippen LogP contribution in [0.4, 0.5) is 11.4 Å². The van der Waals surface area contributed by atoms with Crippen LogP contribution in [0.15, 0.2) is 24.3 Å². The quantitative estimate of drug-likeness (QED) is 0.839. The summed E-state index contributed by atoms with van der Waals surface area (Å²) in [4.78, 5) is 16.6. The Hall–Kier alpha value is -1.59. The van der Waals surface area contributed by atoms with Crippen LogP contribution in [0.3, 0.4) is 0 Å². The maximum absolute atomic E-state index is 12.2. The van der Waals surface area contributed by atoms with Crippen molar-refractivity contribution in [2.75, 3.05) is 56.7 Å². The van der Waals surface area contributed by atoms with E-state index in [1.165, 1.54) is 0 Å². The highest BCUT2D eigenvalue weighted by atomic mass is 16.5. The number of nitrogens with one attached hydrogen (secondary N) is 1. The number of carbonyl (C=O) groups is 1. The van der Waals surface area contributed by atoms with Gasteiger partial charge >= 0.3 is 0 Å². The minimum absolute atomic E-state index is 0.0410. The summed E-state index contributed by atoms with van der Waals surface area (Å²) >= 11 is 0. The Labute approximate surface area is 133 Å². The third kappa shape index (κ3) is 5.00. The minimum atomic E-state index is 0.0410. The first-order chi connectivity index (χ1) is 10.7. The Kier molecular flexibility index (Phi) is 6.68.